The summed E-state index contributed by atoms with van der Waals surface area (Å²) in [6.07, 6.45) is 3.70. The highest BCUT2D eigenvalue weighted by Gasteiger charge is 2.12. The molecule has 0 bridgehead atoms. The number of aryl methyl sites for hydroxylation is 1. The third-order valence-electron chi connectivity index (χ3n) is 3.09. The maximum atomic E-state index is 13.4. The topological polar surface area (TPSA) is 26.5 Å². The Morgan fingerprint density at radius 1 is 1.21 bits per heavy atom. The average molecular weight is 256 g/mol. The Labute approximate surface area is 110 Å². The highest BCUT2D eigenvalue weighted by molar-refractivity contribution is 5.68. The number of benzene rings is 1. The summed E-state index contributed by atoms with van der Waals surface area (Å²) in [4.78, 5) is 4.37. The number of rotatable bonds is 2. The van der Waals surface area contributed by atoms with E-state index in [2.05, 4.69) is 4.98 Å². The number of methoxy groups -OCH3 is 1. The number of aromatic nitrogens is 2. The normalized spacial score (nSPS) is 10.9. The summed E-state index contributed by atoms with van der Waals surface area (Å²) < 4.78 is 20.6. The van der Waals surface area contributed by atoms with Crippen LogP contribution in [0.5, 0.6) is 5.75 Å². The highest BCUT2D eigenvalue weighted by atomic mass is 19.1. The van der Waals surface area contributed by atoms with Crippen molar-refractivity contribution in [3.8, 4) is 17.1 Å². The van der Waals surface area contributed by atoms with Gasteiger partial charge in [-0.15, -0.1) is 0 Å². The third-order valence-corrected chi connectivity index (χ3v) is 3.09. The van der Waals surface area contributed by atoms with E-state index in [0.717, 1.165) is 11.1 Å². The largest absolute Gasteiger partial charge is 0.496 e. The average Bonchev–Trinajstić information content (AvgIpc) is 2.81. The van der Waals surface area contributed by atoms with Crippen LogP contribution in [0.15, 0.2) is 42.7 Å². The third kappa shape index (κ3) is 1.95. The Morgan fingerprint density at radius 3 is 2.84 bits per heavy atom. The molecule has 3 rings (SSSR count). The van der Waals surface area contributed by atoms with E-state index < -0.39 is 0 Å². The van der Waals surface area contributed by atoms with Gasteiger partial charge in [0.25, 0.3) is 0 Å². The number of fused-ring (bicyclic) bond motifs is 1. The summed E-state index contributed by atoms with van der Waals surface area (Å²) in [5.41, 5.74) is 2.78. The first-order valence-electron chi connectivity index (χ1n) is 5.96. The summed E-state index contributed by atoms with van der Waals surface area (Å²) in [5, 5.41) is 0. The number of halogens is 1. The molecule has 0 unspecified atom stereocenters. The van der Waals surface area contributed by atoms with Crippen molar-refractivity contribution in [1.29, 1.82) is 0 Å². The van der Waals surface area contributed by atoms with E-state index in [1.165, 1.54) is 12.1 Å². The minimum Gasteiger partial charge on any atom is -0.496 e. The van der Waals surface area contributed by atoms with E-state index in [1.54, 1.807) is 19.4 Å². The Hall–Kier alpha value is -2.36. The van der Waals surface area contributed by atoms with Crippen LogP contribution in [-0.4, -0.2) is 16.5 Å². The molecule has 2 aromatic heterocycles. The molecule has 0 spiro atoms. The lowest BCUT2D eigenvalue weighted by Crippen LogP contribution is -1.94. The summed E-state index contributed by atoms with van der Waals surface area (Å²) >= 11 is 0. The van der Waals surface area contributed by atoms with Crippen LogP contribution in [0.4, 0.5) is 4.39 Å². The van der Waals surface area contributed by atoms with E-state index in [0.29, 0.717) is 17.1 Å². The fourth-order valence-electron chi connectivity index (χ4n) is 2.17. The number of hydrogen-bond donors (Lipinski definition) is 0. The Balaban J connectivity index is 2.27. The molecule has 4 heteroatoms. The summed E-state index contributed by atoms with van der Waals surface area (Å²) in [5.74, 6) is 0.973. The van der Waals surface area contributed by atoms with Gasteiger partial charge in [0.2, 0.25) is 0 Å². The van der Waals surface area contributed by atoms with Crippen LogP contribution in [0.1, 0.15) is 5.56 Å². The van der Waals surface area contributed by atoms with Crippen molar-refractivity contribution >= 4 is 5.52 Å². The molecule has 0 saturated heterocycles. The van der Waals surface area contributed by atoms with Gasteiger partial charge in [0.05, 0.1) is 24.4 Å². The fraction of sp³-hybridized carbons (Fsp3) is 0.133. The molecule has 0 aliphatic heterocycles. The van der Waals surface area contributed by atoms with Gasteiger partial charge in [-0.2, -0.15) is 0 Å². The highest BCUT2D eigenvalue weighted by Crippen LogP contribution is 2.30. The molecule has 2 heterocycles. The standard InChI is InChI=1S/C15H13FN2O/c1-10-5-6-18-12(7-10)9-17-15(18)13-8-11(16)3-4-14(13)19-2/h3-9H,1-2H3. The van der Waals surface area contributed by atoms with Crippen molar-refractivity contribution < 1.29 is 9.13 Å². The van der Waals surface area contributed by atoms with Gasteiger partial charge >= 0.3 is 0 Å². The van der Waals surface area contributed by atoms with Crippen LogP contribution in [0.3, 0.4) is 0 Å². The number of hydrogen-bond acceptors (Lipinski definition) is 2. The molecule has 0 radical (unpaired) electrons. The predicted molar refractivity (Wildman–Crippen MR) is 71.9 cm³/mol. The zero-order valence-corrected chi connectivity index (χ0v) is 10.7. The molecule has 0 saturated carbocycles. The Bertz CT molecular complexity index is 749. The van der Waals surface area contributed by atoms with Crippen LogP contribution in [0.25, 0.3) is 16.9 Å². The zero-order chi connectivity index (χ0) is 13.4. The van der Waals surface area contributed by atoms with E-state index in [-0.39, 0.29) is 5.82 Å². The molecule has 19 heavy (non-hydrogen) atoms. The molecule has 0 atom stereocenters. The Morgan fingerprint density at radius 2 is 2.05 bits per heavy atom. The lowest BCUT2D eigenvalue weighted by Gasteiger charge is -2.08. The minimum absolute atomic E-state index is 0.306. The monoisotopic (exact) mass is 256 g/mol. The molecule has 3 nitrogen and oxygen atoms in total. The lowest BCUT2D eigenvalue weighted by molar-refractivity contribution is 0.415. The molecule has 0 aliphatic rings. The van der Waals surface area contributed by atoms with Gasteiger partial charge < -0.3 is 4.74 Å². The molecule has 0 N–H and O–H groups in total. The molecule has 0 aliphatic carbocycles. The van der Waals surface area contributed by atoms with E-state index in [4.69, 9.17) is 4.74 Å². The summed E-state index contributed by atoms with van der Waals surface area (Å²) in [6.45, 7) is 2.02. The predicted octanol–water partition coefficient (Wildman–Crippen LogP) is 3.46. The van der Waals surface area contributed by atoms with Crippen LogP contribution in [-0.2, 0) is 0 Å². The number of nitrogens with zero attached hydrogens (tertiary/aromatic N) is 2. The van der Waals surface area contributed by atoms with Crippen molar-refractivity contribution in [3.05, 3.63) is 54.1 Å². The van der Waals surface area contributed by atoms with Crippen molar-refractivity contribution in [1.82, 2.24) is 9.38 Å². The van der Waals surface area contributed by atoms with Gasteiger partial charge in [-0.3, -0.25) is 4.40 Å². The van der Waals surface area contributed by atoms with Gasteiger partial charge in [0, 0.05) is 6.20 Å². The minimum atomic E-state index is -0.306. The first kappa shape index (κ1) is 11.7. The smallest absolute Gasteiger partial charge is 0.148 e. The van der Waals surface area contributed by atoms with Crippen molar-refractivity contribution in [2.24, 2.45) is 0 Å². The van der Waals surface area contributed by atoms with Gasteiger partial charge in [0.1, 0.15) is 17.4 Å². The lowest BCUT2D eigenvalue weighted by atomic mass is 10.2. The second-order valence-corrected chi connectivity index (χ2v) is 4.43. The Kier molecular flexibility index (Phi) is 2.71. The zero-order valence-electron chi connectivity index (χ0n) is 10.7. The molecule has 1 aromatic carbocycles. The van der Waals surface area contributed by atoms with Gasteiger partial charge in [-0.25, -0.2) is 9.37 Å². The fourth-order valence-corrected chi connectivity index (χ4v) is 2.17. The molecular formula is C15H13FN2O. The van der Waals surface area contributed by atoms with Crippen LogP contribution < -0.4 is 4.74 Å². The molecule has 0 fully saturated rings. The number of ether oxygens (including phenoxy) is 1. The van der Waals surface area contributed by atoms with E-state index in [1.807, 2.05) is 29.7 Å². The van der Waals surface area contributed by atoms with Gasteiger partial charge in [-0.1, -0.05) is 0 Å². The van der Waals surface area contributed by atoms with Gasteiger partial charge in [0.15, 0.2) is 0 Å². The number of imidazole rings is 1. The second kappa shape index (κ2) is 4.39. The van der Waals surface area contributed by atoms with E-state index in [9.17, 15) is 4.39 Å². The first-order valence-corrected chi connectivity index (χ1v) is 5.96. The molecular weight excluding hydrogens is 243 g/mol. The molecule has 0 amide bonds. The maximum absolute atomic E-state index is 13.4. The second-order valence-electron chi connectivity index (χ2n) is 4.43. The summed E-state index contributed by atoms with van der Waals surface area (Å²) in [6, 6.07) is 8.45. The van der Waals surface area contributed by atoms with Crippen LogP contribution in [0, 0.1) is 12.7 Å². The van der Waals surface area contributed by atoms with Crippen molar-refractivity contribution in [2.45, 2.75) is 6.92 Å². The molecule has 96 valence electrons. The quantitative estimate of drug-likeness (QED) is 0.702. The number of pyridine rings is 1. The first-order chi connectivity index (χ1) is 9.19. The SMILES string of the molecule is COc1ccc(F)cc1-c1ncc2cc(C)ccn12. The van der Waals surface area contributed by atoms with Crippen molar-refractivity contribution in [2.75, 3.05) is 7.11 Å². The van der Waals surface area contributed by atoms with Crippen molar-refractivity contribution in [3.63, 3.8) is 0 Å². The molecule has 3 aromatic rings. The van der Waals surface area contributed by atoms with Crippen LogP contribution >= 0.6 is 0 Å². The van der Waals surface area contributed by atoms with Crippen LogP contribution in [0.2, 0.25) is 0 Å². The van der Waals surface area contributed by atoms with E-state index >= 15 is 0 Å². The summed E-state index contributed by atoms with van der Waals surface area (Å²) in [7, 11) is 1.57. The maximum Gasteiger partial charge on any atom is 0.148 e. The van der Waals surface area contributed by atoms with Gasteiger partial charge in [-0.05, 0) is 42.8 Å².